The van der Waals surface area contributed by atoms with Crippen molar-refractivity contribution in [3.63, 3.8) is 0 Å². The Kier molecular flexibility index (Phi) is 7.09. The largest absolute Gasteiger partial charge is 0.339 e. The second-order valence-electron chi connectivity index (χ2n) is 7.27. The first-order valence-corrected chi connectivity index (χ1v) is 10.5. The molecule has 2 heterocycles. The van der Waals surface area contributed by atoms with Crippen molar-refractivity contribution in [1.29, 1.82) is 0 Å². The molecule has 1 N–H and O–H groups in total. The molecule has 2 aromatic rings. The third-order valence-electron chi connectivity index (χ3n) is 5.03. The summed E-state index contributed by atoms with van der Waals surface area (Å²) in [7, 11) is 0. The number of carbonyl (C=O) groups excluding carboxylic acids is 2. The van der Waals surface area contributed by atoms with Gasteiger partial charge in [-0.25, -0.2) is 0 Å². The van der Waals surface area contributed by atoms with Gasteiger partial charge in [0.15, 0.2) is 0 Å². The molecule has 0 bridgehead atoms. The average Bonchev–Trinajstić information content (AvgIpc) is 3.34. The molecule has 0 saturated carbocycles. The first-order chi connectivity index (χ1) is 14.0. The summed E-state index contributed by atoms with van der Waals surface area (Å²) < 4.78 is 1.77. The molecular formula is C22H27ClN4O2. The van der Waals surface area contributed by atoms with E-state index in [1.165, 1.54) is 6.08 Å². The highest BCUT2D eigenvalue weighted by atomic mass is 35.5. The van der Waals surface area contributed by atoms with Crippen LogP contribution in [0.1, 0.15) is 54.2 Å². The van der Waals surface area contributed by atoms with Gasteiger partial charge in [-0.05, 0) is 56.5 Å². The highest BCUT2D eigenvalue weighted by Gasteiger charge is 2.19. The molecule has 1 saturated heterocycles. The molecule has 0 atom stereocenters. The number of benzene rings is 1. The van der Waals surface area contributed by atoms with Crippen molar-refractivity contribution in [3.05, 3.63) is 52.3 Å². The van der Waals surface area contributed by atoms with Crippen LogP contribution in [-0.2, 0) is 11.3 Å². The van der Waals surface area contributed by atoms with E-state index < -0.39 is 0 Å². The van der Waals surface area contributed by atoms with Crippen LogP contribution in [0.2, 0.25) is 5.15 Å². The summed E-state index contributed by atoms with van der Waals surface area (Å²) in [4.78, 5) is 26.5. The molecule has 1 aliphatic rings. The van der Waals surface area contributed by atoms with E-state index in [4.69, 9.17) is 11.6 Å². The van der Waals surface area contributed by atoms with Crippen molar-refractivity contribution < 1.29 is 9.59 Å². The zero-order valence-corrected chi connectivity index (χ0v) is 17.7. The van der Waals surface area contributed by atoms with E-state index in [9.17, 15) is 9.59 Å². The van der Waals surface area contributed by atoms with Gasteiger partial charge in [-0.2, -0.15) is 5.10 Å². The number of nitrogens with zero attached hydrogens (tertiary/aromatic N) is 3. The fourth-order valence-electron chi connectivity index (χ4n) is 3.35. The van der Waals surface area contributed by atoms with E-state index in [1.54, 1.807) is 35.0 Å². The lowest BCUT2D eigenvalue weighted by atomic mass is 10.2. The van der Waals surface area contributed by atoms with Gasteiger partial charge < -0.3 is 10.2 Å². The Labute approximate surface area is 176 Å². The molecule has 7 heteroatoms. The third kappa shape index (κ3) is 5.26. The Morgan fingerprint density at radius 1 is 1.21 bits per heavy atom. The van der Waals surface area contributed by atoms with Gasteiger partial charge in [-0.15, -0.1) is 0 Å². The van der Waals surface area contributed by atoms with Crippen LogP contribution in [-0.4, -0.2) is 39.6 Å². The fourth-order valence-corrected chi connectivity index (χ4v) is 3.68. The summed E-state index contributed by atoms with van der Waals surface area (Å²) in [6.07, 6.45) is 7.32. The predicted molar refractivity (Wildman–Crippen MR) is 116 cm³/mol. The molecule has 154 valence electrons. The SMILES string of the molecule is CCCCn1nc(C)c(/C=C/C(=O)Nc2ccc(C(=O)N3CCCC3)cc2)c1Cl. The zero-order chi connectivity index (χ0) is 20.8. The van der Waals surface area contributed by atoms with E-state index in [1.807, 2.05) is 11.8 Å². The van der Waals surface area contributed by atoms with Crippen LogP contribution in [0.25, 0.3) is 6.08 Å². The Balaban J connectivity index is 1.60. The number of amides is 2. The van der Waals surface area contributed by atoms with Gasteiger partial charge in [-0.3, -0.25) is 14.3 Å². The Morgan fingerprint density at radius 2 is 1.90 bits per heavy atom. The molecule has 1 fully saturated rings. The lowest BCUT2D eigenvalue weighted by Crippen LogP contribution is -2.27. The van der Waals surface area contributed by atoms with Crippen molar-refractivity contribution in [3.8, 4) is 0 Å². The molecule has 0 radical (unpaired) electrons. The molecule has 2 amide bonds. The lowest BCUT2D eigenvalue weighted by Gasteiger charge is -2.15. The number of aryl methyl sites for hydroxylation is 2. The summed E-state index contributed by atoms with van der Waals surface area (Å²) in [6, 6.07) is 6.99. The van der Waals surface area contributed by atoms with Crippen LogP contribution < -0.4 is 5.32 Å². The molecule has 1 aromatic carbocycles. The molecular weight excluding hydrogens is 388 g/mol. The van der Waals surface area contributed by atoms with E-state index >= 15 is 0 Å². The van der Waals surface area contributed by atoms with Gasteiger partial charge >= 0.3 is 0 Å². The van der Waals surface area contributed by atoms with Crippen molar-refractivity contribution in [1.82, 2.24) is 14.7 Å². The number of unbranched alkanes of at least 4 members (excludes halogenated alkanes) is 1. The van der Waals surface area contributed by atoms with Crippen molar-refractivity contribution in [2.45, 2.75) is 46.1 Å². The third-order valence-corrected chi connectivity index (χ3v) is 5.43. The topological polar surface area (TPSA) is 67.2 Å². The van der Waals surface area contributed by atoms with Crippen LogP contribution in [0.3, 0.4) is 0 Å². The van der Waals surface area contributed by atoms with E-state index in [2.05, 4.69) is 17.3 Å². The lowest BCUT2D eigenvalue weighted by molar-refractivity contribution is -0.111. The summed E-state index contributed by atoms with van der Waals surface area (Å²) in [5, 5.41) is 7.79. The van der Waals surface area contributed by atoms with Crippen molar-refractivity contribution in [2.75, 3.05) is 18.4 Å². The quantitative estimate of drug-likeness (QED) is 0.676. The molecule has 1 aliphatic heterocycles. The molecule has 6 nitrogen and oxygen atoms in total. The minimum absolute atomic E-state index is 0.0467. The number of likely N-dealkylation sites (tertiary alicyclic amines) is 1. The van der Waals surface area contributed by atoms with Crippen LogP contribution in [0.5, 0.6) is 0 Å². The fraction of sp³-hybridized carbons (Fsp3) is 0.409. The monoisotopic (exact) mass is 414 g/mol. The smallest absolute Gasteiger partial charge is 0.253 e. The number of nitrogens with one attached hydrogen (secondary N) is 1. The van der Waals surface area contributed by atoms with Gasteiger partial charge in [0.1, 0.15) is 5.15 Å². The predicted octanol–water partition coefficient (Wildman–Crippen LogP) is 4.53. The van der Waals surface area contributed by atoms with Gasteiger partial charge in [0.05, 0.1) is 5.69 Å². The number of hydrogen-bond acceptors (Lipinski definition) is 3. The average molecular weight is 415 g/mol. The minimum Gasteiger partial charge on any atom is -0.339 e. The molecule has 0 spiro atoms. The summed E-state index contributed by atoms with van der Waals surface area (Å²) in [5.41, 5.74) is 2.82. The summed E-state index contributed by atoms with van der Waals surface area (Å²) >= 11 is 6.39. The van der Waals surface area contributed by atoms with Crippen LogP contribution in [0.4, 0.5) is 5.69 Å². The Morgan fingerprint density at radius 3 is 2.55 bits per heavy atom. The molecule has 3 rings (SSSR count). The van der Waals surface area contributed by atoms with Crippen molar-refractivity contribution >= 4 is 35.2 Å². The summed E-state index contributed by atoms with van der Waals surface area (Å²) in [5.74, 6) is -0.217. The van der Waals surface area contributed by atoms with Crippen LogP contribution in [0.15, 0.2) is 30.3 Å². The number of carbonyl (C=O) groups is 2. The minimum atomic E-state index is -0.264. The first kappa shape index (κ1) is 21.1. The van der Waals surface area contributed by atoms with Gasteiger partial charge in [0, 0.05) is 42.5 Å². The summed E-state index contributed by atoms with van der Waals surface area (Å²) in [6.45, 7) is 6.39. The molecule has 0 unspecified atom stereocenters. The van der Waals surface area contributed by atoms with Crippen molar-refractivity contribution in [2.24, 2.45) is 0 Å². The Hall–Kier alpha value is -2.60. The first-order valence-electron chi connectivity index (χ1n) is 10.1. The number of rotatable bonds is 7. The van der Waals surface area contributed by atoms with E-state index in [0.717, 1.165) is 56.6 Å². The van der Waals surface area contributed by atoms with Gasteiger partial charge in [0.2, 0.25) is 5.91 Å². The highest BCUT2D eigenvalue weighted by molar-refractivity contribution is 6.31. The zero-order valence-electron chi connectivity index (χ0n) is 16.9. The van der Waals surface area contributed by atoms with E-state index in [-0.39, 0.29) is 11.8 Å². The number of hydrogen-bond donors (Lipinski definition) is 1. The standard InChI is InChI=1S/C22H27ClN4O2/c1-3-4-15-27-21(23)19(16(2)25-27)11-12-20(28)24-18-9-7-17(8-10-18)22(29)26-13-5-6-14-26/h7-12H,3-6,13-15H2,1-2H3,(H,24,28)/b12-11+. The number of anilines is 1. The van der Waals surface area contributed by atoms with Crippen LogP contribution >= 0.6 is 11.6 Å². The number of aromatic nitrogens is 2. The number of halogens is 1. The molecule has 0 aliphatic carbocycles. The van der Waals surface area contributed by atoms with Crippen LogP contribution in [0, 0.1) is 6.92 Å². The van der Waals surface area contributed by atoms with Gasteiger partial charge in [-0.1, -0.05) is 24.9 Å². The van der Waals surface area contributed by atoms with Gasteiger partial charge in [0.25, 0.3) is 5.91 Å². The maximum atomic E-state index is 12.4. The highest BCUT2D eigenvalue weighted by Crippen LogP contribution is 2.22. The van der Waals surface area contributed by atoms with E-state index in [0.29, 0.717) is 16.4 Å². The Bertz CT molecular complexity index is 896. The molecule has 29 heavy (non-hydrogen) atoms. The maximum absolute atomic E-state index is 12.4. The second-order valence-corrected chi connectivity index (χ2v) is 7.62. The second kappa shape index (κ2) is 9.74. The normalized spacial score (nSPS) is 14.0. The maximum Gasteiger partial charge on any atom is 0.253 e. The molecule has 1 aromatic heterocycles.